The van der Waals surface area contributed by atoms with Crippen molar-refractivity contribution in [1.29, 1.82) is 0 Å². The van der Waals surface area contributed by atoms with Gasteiger partial charge in [-0.1, -0.05) is 48.3 Å². The summed E-state index contributed by atoms with van der Waals surface area (Å²) in [6.07, 6.45) is 0. The van der Waals surface area contributed by atoms with Crippen LogP contribution in [0.1, 0.15) is 24.1 Å². The number of anilines is 1. The summed E-state index contributed by atoms with van der Waals surface area (Å²) in [7, 11) is 0. The van der Waals surface area contributed by atoms with Gasteiger partial charge in [0.1, 0.15) is 10.9 Å². The molecule has 3 rings (SSSR count). The SMILES string of the molecule is Cc1cc(Cl)nc(Cl)c1NC1c2ccccc2OCC1C. The third-order valence-electron chi connectivity index (χ3n) is 3.77. The molecule has 3 nitrogen and oxygen atoms in total. The van der Waals surface area contributed by atoms with Crippen LogP contribution in [0.4, 0.5) is 5.69 Å². The number of halogens is 2. The van der Waals surface area contributed by atoms with E-state index in [1.165, 1.54) is 0 Å². The number of pyridine rings is 1. The fourth-order valence-corrected chi connectivity index (χ4v) is 3.22. The number of aromatic nitrogens is 1. The fraction of sp³-hybridized carbons (Fsp3) is 0.312. The molecule has 1 N–H and O–H groups in total. The van der Waals surface area contributed by atoms with E-state index in [0.29, 0.717) is 22.8 Å². The molecule has 0 amide bonds. The van der Waals surface area contributed by atoms with Gasteiger partial charge in [0, 0.05) is 11.5 Å². The Morgan fingerprint density at radius 2 is 2.05 bits per heavy atom. The second-order valence-electron chi connectivity index (χ2n) is 5.38. The average molecular weight is 323 g/mol. The summed E-state index contributed by atoms with van der Waals surface area (Å²) < 4.78 is 5.77. The molecule has 5 heteroatoms. The Bertz CT molecular complexity index is 652. The highest BCUT2D eigenvalue weighted by atomic mass is 35.5. The molecule has 0 saturated heterocycles. The Morgan fingerprint density at radius 1 is 1.29 bits per heavy atom. The first-order chi connectivity index (χ1) is 10.1. The van der Waals surface area contributed by atoms with Crippen molar-refractivity contribution in [3.63, 3.8) is 0 Å². The number of hydrogen-bond acceptors (Lipinski definition) is 3. The van der Waals surface area contributed by atoms with Crippen LogP contribution in [0.15, 0.2) is 30.3 Å². The molecule has 0 spiro atoms. The van der Waals surface area contributed by atoms with Gasteiger partial charge in [0.25, 0.3) is 0 Å². The van der Waals surface area contributed by atoms with Gasteiger partial charge in [-0.15, -0.1) is 0 Å². The van der Waals surface area contributed by atoms with Gasteiger partial charge in [-0.2, -0.15) is 0 Å². The van der Waals surface area contributed by atoms with Crippen LogP contribution in [0, 0.1) is 12.8 Å². The second kappa shape index (κ2) is 5.74. The number of aryl methyl sites for hydroxylation is 1. The number of para-hydroxylation sites is 1. The first kappa shape index (κ1) is 14.5. The van der Waals surface area contributed by atoms with Gasteiger partial charge in [-0.3, -0.25) is 0 Å². The second-order valence-corrected chi connectivity index (χ2v) is 6.12. The van der Waals surface area contributed by atoms with Crippen LogP contribution >= 0.6 is 23.2 Å². The van der Waals surface area contributed by atoms with E-state index in [0.717, 1.165) is 22.6 Å². The highest BCUT2D eigenvalue weighted by Crippen LogP contribution is 2.39. The number of nitrogens with one attached hydrogen (secondary N) is 1. The number of benzene rings is 1. The van der Waals surface area contributed by atoms with Gasteiger partial charge in [-0.05, 0) is 24.6 Å². The Kier molecular flexibility index (Phi) is 3.96. The van der Waals surface area contributed by atoms with Crippen LogP contribution in [0.5, 0.6) is 5.75 Å². The first-order valence-electron chi connectivity index (χ1n) is 6.87. The highest BCUT2D eigenvalue weighted by molar-refractivity contribution is 6.34. The zero-order chi connectivity index (χ0) is 15.0. The Morgan fingerprint density at radius 3 is 2.81 bits per heavy atom. The summed E-state index contributed by atoms with van der Waals surface area (Å²) in [5.74, 6) is 1.25. The van der Waals surface area contributed by atoms with Crippen molar-refractivity contribution < 1.29 is 4.74 Å². The van der Waals surface area contributed by atoms with Gasteiger partial charge in [-0.25, -0.2) is 4.98 Å². The maximum atomic E-state index is 6.24. The quantitative estimate of drug-likeness (QED) is 0.800. The predicted octanol–water partition coefficient (Wildman–Crippen LogP) is 4.88. The molecule has 110 valence electrons. The van der Waals surface area contributed by atoms with E-state index in [1.54, 1.807) is 0 Å². The zero-order valence-electron chi connectivity index (χ0n) is 11.9. The van der Waals surface area contributed by atoms with E-state index in [2.05, 4.69) is 23.3 Å². The lowest BCUT2D eigenvalue weighted by Crippen LogP contribution is -2.29. The highest BCUT2D eigenvalue weighted by Gasteiger charge is 2.28. The topological polar surface area (TPSA) is 34.2 Å². The molecule has 0 saturated carbocycles. The summed E-state index contributed by atoms with van der Waals surface area (Å²) in [6, 6.07) is 10.0. The smallest absolute Gasteiger partial charge is 0.154 e. The monoisotopic (exact) mass is 322 g/mol. The molecule has 2 aromatic rings. The van der Waals surface area contributed by atoms with Gasteiger partial charge >= 0.3 is 0 Å². The van der Waals surface area contributed by atoms with Crippen molar-refractivity contribution >= 4 is 28.9 Å². The number of hydrogen-bond donors (Lipinski definition) is 1. The maximum absolute atomic E-state index is 6.24. The standard InChI is InChI=1S/C16H16Cl2N2O/c1-9-7-13(17)19-16(18)15(9)20-14-10(2)8-21-12-6-4-3-5-11(12)14/h3-7,10,14,20H,8H2,1-2H3. The largest absolute Gasteiger partial charge is 0.493 e. The number of fused-ring (bicyclic) bond motifs is 1. The third-order valence-corrected chi connectivity index (χ3v) is 4.23. The summed E-state index contributed by atoms with van der Waals surface area (Å²) in [6.45, 7) is 4.80. The van der Waals surface area contributed by atoms with E-state index >= 15 is 0 Å². The summed E-state index contributed by atoms with van der Waals surface area (Å²) in [4.78, 5) is 4.12. The minimum absolute atomic E-state index is 0.133. The van der Waals surface area contributed by atoms with Gasteiger partial charge < -0.3 is 10.1 Å². The number of nitrogens with zero attached hydrogens (tertiary/aromatic N) is 1. The summed E-state index contributed by atoms with van der Waals surface area (Å²) in [5, 5.41) is 4.32. The maximum Gasteiger partial charge on any atom is 0.154 e. The van der Waals surface area contributed by atoms with E-state index in [9.17, 15) is 0 Å². The van der Waals surface area contributed by atoms with Crippen molar-refractivity contribution in [3.8, 4) is 5.75 Å². The number of ether oxygens (including phenoxy) is 1. The molecular weight excluding hydrogens is 307 g/mol. The molecule has 0 radical (unpaired) electrons. The summed E-state index contributed by atoms with van der Waals surface area (Å²) >= 11 is 12.2. The van der Waals surface area contributed by atoms with Gasteiger partial charge in [0.05, 0.1) is 18.3 Å². The minimum atomic E-state index is 0.133. The fourth-order valence-electron chi connectivity index (χ4n) is 2.64. The first-order valence-corrected chi connectivity index (χ1v) is 7.62. The molecule has 1 aliphatic rings. The van der Waals surface area contributed by atoms with E-state index in [1.807, 2.05) is 31.2 Å². The lowest BCUT2D eigenvalue weighted by Gasteiger charge is -2.33. The normalized spacial score (nSPS) is 20.6. The van der Waals surface area contributed by atoms with E-state index < -0.39 is 0 Å². The molecule has 1 aliphatic heterocycles. The van der Waals surface area contributed by atoms with E-state index in [-0.39, 0.29) is 6.04 Å². The van der Waals surface area contributed by atoms with Crippen molar-refractivity contribution in [2.24, 2.45) is 5.92 Å². The molecule has 0 aliphatic carbocycles. The molecule has 0 fully saturated rings. The number of rotatable bonds is 2. The van der Waals surface area contributed by atoms with Crippen molar-refractivity contribution in [2.75, 3.05) is 11.9 Å². The van der Waals surface area contributed by atoms with Crippen LogP contribution in [0.25, 0.3) is 0 Å². The molecular formula is C16H16Cl2N2O. The average Bonchev–Trinajstić information content (AvgIpc) is 2.44. The van der Waals surface area contributed by atoms with Crippen molar-refractivity contribution in [3.05, 3.63) is 51.8 Å². The minimum Gasteiger partial charge on any atom is -0.493 e. The lowest BCUT2D eigenvalue weighted by atomic mass is 9.91. The molecule has 1 aromatic carbocycles. The predicted molar refractivity (Wildman–Crippen MR) is 86.5 cm³/mol. The van der Waals surface area contributed by atoms with Crippen LogP contribution in [0.2, 0.25) is 10.3 Å². The third kappa shape index (κ3) is 2.81. The van der Waals surface area contributed by atoms with Crippen LogP contribution in [0.3, 0.4) is 0 Å². The van der Waals surface area contributed by atoms with Crippen LogP contribution in [-0.2, 0) is 0 Å². The molecule has 21 heavy (non-hydrogen) atoms. The van der Waals surface area contributed by atoms with E-state index in [4.69, 9.17) is 27.9 Å². The molecule has 2 atom stereocenters. The lowest BCUT2D eigenvalue weighted by molar-refractivity contribution is 0.214. The van der Waals surface area contributed by atoms with Crippen molar-refractivity contribution in [1.82, 2.24) is 4.98 Å². The zero-order valence-corrected chi connectivity index (χ0v) is 13.4. The van der Waals surface area contributed by atoms with Crippen molar-refractivity contribution in [2.45, 2.75) is 19.9 Å². The Balaban J connectivity index is 1.98. The van der Waals surface area contributed by atoms with Gasteiger partial charge in [0.2, 0.25) is 0 Å². The van der Waals surface area contributed by atoms with Gasteiger partial charge in [0.15, 0.2) is 5.15 Å². The summed E-state index contributed by atoms with van der Waals surface area (Å²) in [5.41, 5.74) is 2.95. The Labute approximate surface area is 134 Å². The van der Waals surface area contributed by atoms with Crippen LogP contribution < -0.4 is 10.1 Å². The molecule has 2 heterocycles. The Hall–Kier alpha value is -1.45. The van der Waals surface area contributed by atoms with Crippen LogP contribution in [-0.4, -0.2) is 11.6 Å². The molecule has 1 aromatic heterocycles. The molecule has 2 unspecified atom stereocenters. The molecule has 0 bridgehead atoms.